The highest BCUT2D eigenvalue weighted by molar-refractivity contribution is 9.10. The van der Waals surface area contributed by atoms with E-state index in [-0.39, 0.29) is 0 Å². The first-order chi connectivity index (χ1) is 5.88. The van der Waals surface area contributed by atoms with Crippen molar-refractivity contribution in [3.63, 3.8) is 0 Å². The van der Waals surface area contributed by atoms with Crippen LogP contribution in [0.25, 0.3) is 11.1 Å². The zero-order chi connectivity index (χ0) is 8.39. The van der Waals surface area contributed by atoms with Crippen LogP contribution in [0.2, 0.25) is 0 Å². The molecule has 1 heterocycles. The normalized spacial score (nSPS) is 10.1. The Labute approximate surface area is 78.8 Å². The highest BCUT2D eigenvalue weighted by Gasteiger charge is 2.02. The van der Waals surface area contributed by atoms with Crippen molar-refractivity contribution in [1.82, 2.24) is 10.2 Å². The van der Waals surface area contributed by atoms with Crippen molar-refractivity contribution in [3.05, 3.63) is 41.1 Å². The van der Waals surface area contributed by atoms with Crippen molar-refractivity contribution >= 4 is 15.9 Å². The van der Waals surface area contributed by atoms with E-state index in [0.29, 0.717) is 0 Å². The average Bonchev–Trinajstić information content (AvgIpc) is 2.53. The van der Waals surface area contributed by atoms with Crippen molar-refractivity contribution in [2.75, 3.05) is 0 Å². The van der Waals surface area contributed by atoms with Gasteiger partial charge in [-0.3, -0.25) is 5.10 Å². The molecular weight excluding hydrogens is 216 g/mol. The third-order valence-electron chi connectivity index (χ3n) is 1.68. The van der Waals surface area contributed by atoms with Crippen molar-refractivity contribution in [2.45, 2.75) is 0 Å². The molecular formula is C9H7BrN2. The molecule has 1 aromatic carbocycles. The molecule has 0 unspecified atom stereocenters. The molecule has 0 aliphatic heterocycles. The number of hydrogen-bond donors (Lipinski definition) is 1. The van der Waals surface area contributed by atoms with Crippen LogP contribution in [0.4, 0.5) is 0 Å². The van der Waals surface area contributed by atoms with Gasteiger partial charge < -0.3 is 0 Å². The first-order valence-corrected chi connectivity index (χ1v) is 4.41. The first kappa shape index (κ1) is 7.55. The highest BCUT2D eigenvalue weighted by Crippen LogP contribution is 2.24. The maximum atomic E-state index is 3.93. The molecule has 3 heteroatoms. The first-order valence-electron chi connectivity index (χ1n) is 3.62. The molecule has 0 atom stereocenters. The monoisotopic (exact) mass is 222 g/mol. The van der Waals surface area contributed by atoms with E-state index in [1.165, 1.54) is 0 Å². The molecule has 0 radical (unpaired) electrons. The molecule has 2 nitrogen and oxygen atoms in total. The maximum Gasteiger partial charge on any atom is 0.108 e. The molecule has 0 aliphatic rings. The van der Waals surface area contributed by atoms with Crippen LogP contribution in [0.1, 0.15) is 0 Å². The van der Waals surface area contributed by atoms with Gasteiger partial charge in [-0.1, -0.05) is 30.3 Å². The quantitative estimate of drug-likeness (QED) is 0.791. The van der Waals surface area contributed by atoms with Crippen LogP contribution >= 0.6 is 15.9 Å². The summed E-state index contributed by atoms with van der Waals surface area (Å²) < 4.78 is 0.925. The Kier molecular flexibility index (Phi) is 1.96. The number of rotatable bonds is 1. The van der Waals surface area contributed by atoms with Gasteiger partial charge >= 0.3 is 0 Å². The summed E-state index contributed by atoms with van der Waals surface area (Å²) in [6.07, 6.45) is 1.80. The Bertz CT molecular complexity index is 367. The lowest BCUT2D eigenvalue weighted by molar-refractivity contribution is 1.07. The van der Waals surface area contributed by atoms with E-state index in [9.17, 15) is 0 Å². The minimum absolute atomic E-state index is 0.925. The number of nitrogens with one attached hydrogen (secondary N) is 1. The summed E-state index contributed by atoms with van der Waals surface area (Å²) in [5, 5.41) is 6.76. The average molecular weight is 223 g/mol. The van der Waals surface area contributed by atoms with Gasteiger partial charge in [0.05, 0.1) is 6.20 Å². The van der Waals surface area contributed by atoms with E-state index in [0.717, 1.165) is 15.7 Å². The fraction of sp³-hybridized carbons (Fsp3) is 0. The molecule has 1 aromatic heterocycles. The van der Waals surface area contributed by atoms with Crippen molar-refractivity contribution < 1.29 is 0 Å². The smallest absolute Gasteiger partial charge is 0.108 e. The van der Waals surface area contributed by atoms with Gasteiger partial charge in [0.15, 0.2) is 0 Å². The minimum atomic E-state index is 0.925. The summed E-state index contributed by atoms with van der Waals surface area (Å²) in [6, 6.07) is 10.1. The zero-order valence-electron chi connectivity index (χ0n) is 6.29. The number of H-pyrrole nitrogens is 1. The largest absolute Gasteiger partial charge is 0.271 e. The van der Waals surface area contributed by atoms with Gasteiger partial charge in [-0.25, -0.2) is 0 Å². The number of hydrogen-bond acceptors (Lipinski definition) is 1. The molecule has 2 rings (SSSR count). The third-order valence-corrected chi connectivity index (χ3v) is 2.28. The van der Waals surface area contributed by atoms with Gasteiger partial charge in [-0.15, -0.1) is 0 Å². The Morgan fingerprint density at radius 3 is 2.50 bits per heavy atom. The van der Waals surface area contributed by atoms with Gasteiger partial charge in [0.1, 0.15) is 4.60 Å². The van der Waals surface area contributed by atoms with Crippen LogP contribution in [0.5, 0.6) is 0 Å². The molecule has 0 fully saturated rings. The van der Waals surface area contributed by atoms with Gasteiger partial charge in [0.25, 0.3) is 0 Å². The minimum Gasteiger partial charge on any atom is -0.271 e. The second kappa shape index (κ2) is 3.11. The van der Waals surface area contributed by atoms with E-state index in [1.807, 2.05) is 18.2 Å². The molecule has 0 amide bonds. The summed E-state index contributed by atoms with van der Waals surface area (Å²) in [7, 11) is 0. The van der Waals surface area contributed by atoms with E-state index in [1.54, 1.807) is 6.20 Å². The molecule has 12 heavy (non-hydrogen) atoms. The van der Waals surface area contributed by atoms with E-state index in [2.05, 4.69) is 38.3 Å². The SMILES string of the molecule is Brc1[nH]ncc1-c1ccccc1. The number of benzene rings is 1. The summed E-state index contributed by atoms with van der Waals surface area (Å²) in [5.74, 6) is 0. The topological polar surface area (TPSA) is 28.7 Å². The molecule has 0 saturated carbocycles. The Balaban J connectivity index is 2.51. The molecule has 0 bridgehead atoms. The maximum absolute atomic E-state index is 3.93. The summed E-state index contributed by atoms with van der Waals surface area (Å²) in [4.78, 5) is 0. The molecule has 0 saturated heterocycles. The second-order valence-corrected chi connectivity index (χ2v) is 3.26. The standard InChI is InChI=1S/C9H7BrN2/c10-9-8(6-11-12-9)7-4-2-1-3-5-7/h1-6H,(H,11,12). The van der Waals surface area contributed by atoms with Crippen molar-refractivity contribution in [1.29, 1.82) is 0 Å². The molecule has 60 valence electrons. The van der Waals surface area contributed by atoms with Crippen LogP contribution in [0.3, 0.4) is 0 Å². The summed E-state index contributed by atoms with van der Waals surface area (Å²) >= 11 is 3.38. The lowest BCUT2D eigenvalue weighted by Crippen LogP contribution is -1.72. The van der Waals surface area contributed by atoms with Gasteiger partial charge in [-0.05, 0) is 21.5 Å². The van der Waals surface area contributed by atoms with E-state index < -0.39 is 0 Å². The second-order valence-electron chi connectivity index (χ2n) is 2.46. The number of aromatic amines is 1. The third kappa shape index (κ3) is 1.28. The van der Waals surface area contributed by atoms with Crippen LogP contribution in [-0.4, -0.2) is 10.2 Å². The fourth-order valence-electron chi connectivity index (χ4n) is 1.09. The lowest BCUT2D eigenvalue weighted by atomic mass is 10.1. The number of aromatic nitrogens is 2. The Hall–Kier alpha value is -1.09. The van der Waals surface area contributed by atoms with Gasteiger partial charge in [-0.2, -0.15) is 5.10 Å². The number of nitrogens with zero attached hydrogens (tertiary/aromatic N) is 1. The predicted molar refractivity (Wildman–Crippen MR) is 51.7 cm³/mol. The van der Waals surface area contributed by atoms with Gasteiger partial charge in [0, 0.05) is 5.56 Å². The van der Waals surface area contributed by atoms with Crippen molar-refractivity contribution in [3.8, 4) is 11.1 Å². The predicted octanol–water partition coefficient (Wildman–Crippen LogP) is 2.84. The molecule has 0 aliphatic carbocycles. The van der Waals surface area contributed by atoms with Crippen LogP contribution in [-0.2, 0) is 0 Å². The summed E-state index contributed by atoms with van der Waals surface area (Å²) in [6.45, 7) is 0. The Morgan fingerprint density at radius 1 is 1.17 bits per heavy atom. The molecule has 0 spiro atoms. The molecule has 2 aromatic rings. The van der Waals surface area contributed by atoms with Gasteiger partial charge in [0.2, 0.25) is 0 Å². The summed E-state index contributed by atoms with van der Waals surface area (Å²) in [5.41, 5.74) is 2.26. The van der Waals surface area contributed by atoms with Crippen LogP contribution < -0.4 is 0 Å². The van der Waals surface area contributed by atoms with Crippen molar-refractivity contribution in [2.24, 2.45) is 0 Å². The van der Waals surface area contributed by atoms with E-state index >= 15 is 0 Å². The number of halogens is 1. The van der Waals surface area contributed by atoms with E-state index in [4.69, 9.17) is 0 Å². The highest BCUT2D eigenvalue weighted by atomic mass is 79.9. The molecule has 1 N–H and O–H groups in total. The van der Waals surface area contributed by atoms with Crippen LogP contribution in [0, 0.1) is 0 Å². The Morgan fingerprint density at radius 2 is 1.92 bits per heavy atom. The van der Waals surface area contributed by atoms with Crippen LogP contribution in [0.15, 0.2) is 41.1 Å². The zero-order valence-corrected chi connectivity index (χ0v) is 7.88. The lowest BCUT2D eigenvalue weighted by Gasteiger charge is -1.95. The fourth-order valence-corrected chi connectivity index (χ4v) is 1.52.